The van der Waals surface area contributed by atoms with Crippen LogP contribution < -0.4 is 19.5 Å². The molecule has 8 aromatic rings. The van der Waals surface area contributed by atoms with Crippen LogP contribution in [-0.2, 0) is 0 Å². The van der Waals surface area contributed by atoms with Crippen LogP contribution in [0, 0.1) is 0 Å². The van der Waals surface area contributed by atoms with Crippen LogP contribution in [0.3, 0.4) is 0 Å². The van der Waals surface area contributed by atoms with E-state index >= 15 is 0 Å². The minimum absolute atomic E-state index is 0.876. The van der Waals surface area contributed by atoms with Gasteiger partial charge in [-0.2, -0.15) is 0 Å². The molecular formula is C48H38BFO4S2. The minimum Gasteiger partial charge on any atom is -0.867 e. The number of rotatable bonds is 8. The standard InChI is InChI=1S/2C24H19OS.BFO2/c2*1-25-22-14-12-20(13-15-22)24-17-21(18-8-4-2-5-9-18)16-23(26-24)19-10-6-3-7-11-19;2-1(3)4/h2*2-17H,1H3;/q2*+1;-2. The number of halogens is 1. The average Bonchev–Trinajstić information content (AvgIpc) is 3.27. The van der Waals surface area contributed by atoms with E-state index in [2.05, 4.69) is 170 Å². The first-order valence-corrected chi connectivity index (χ1v) is 19.5. The molecule has 56 heavy (non-hydrogen) atoms. The SMILES string of the molecule is COc1ccc(-c2cc(-c3ccccc3)cc(-c3ccccc3)[s+]2)cc1.COc1ccc(-c2cc(-c3ccccc3)cc(-c3ccccc3)[s+]2)cc1.[O-]B([O-])F. The Labute approximate surface area is 336 Å². The zero-order valence-electron chi connectivity index (χ0n) is 30.9. The van der Waals surface area contributed by atoms with Crippen LogP contribution in [0.5, 0.6) is 11.5 Å². The number of ether oxygens (including phenoxy) is 2. The van der Waals surface area contributed by atoms with Crippen molar-refractivity contribution >= 4 is 30.1 Å². The Balaban J connectivity index is 0.000000174. The maximum Gasteiger partial charge on any atom is 0.239 e. The maximum atomic E-state index is 9.89. The first-order chi connectivity index (χ1) is 27.4. The number of benzene rings is 6. The zero-order chi connectivity index (χ0) is 39.1. The summed E-state index contributed by atoms with van der Waals surface area (Å²) < 4.78 is 20.5. The van der Waals surface area contributed by atoms with Gasteiger partial charge in [-0.05, 0) is 95.1 Å². The molecule has 4 nitrogen and oxygen atoms in total. The van der Waals surface area contributed by atoms with E-state index in [1.165, 1.54) is 64.0 Å². The van der Waals surface area contributed by atoms with Crippen LogP contribution in [0.2, 0.25) is 0 Å². The van der Waals surface area contributed by atoms with Crippen molar-refractivity contribution < 1.29 is 23.8 Å². The van der Waals surface area contributed by atoms with Crippen molar-refractivity contribution in [2.24, 2.45) is 0 Å². The summed E-state index contributed by atoms with van der Waals surface area (Å²) >= 11 is 3.62. The van der Waals surface area contributed by atoms with E-state index in [9.17, 15) is 4.32 Å². The molecule has 2 aromatic heterocycles. The summed E-state index contributed by atoms with van der Waals surface area (Å²) in [5, 5.41) is 16.6. The van der Waals surface area contributed by atoms with Gasteiger partial charge in [-0.25, -0.2) is 0 Å². The molecule has 0 amide bonds. The largest absolute Gasteiger partial charge is 0.867 e. The van der Waals surface area contributed by atoms with E-state index in [-0.39, 0.29) is 0 Å². The molecule has 2 heterocycles. The Kier molecular flexibility index (Phi) is 14.2. The molecule has 0 fully saturated rings. The van der Waals surface area contributed by atoms with E-state index in [0.29, 0.717) is 0 Å². The first-order valence-electron chi connectivity index (χ1n) is 17.8. The molecule has 0 bridgehead atoms. The molecule has 0 unspecified atom stereocenters. The van der Waals surface area contributed by atoms with Crippen LogP contribution in [-0.4, -0.2) is 21.6 Å². The van der Waals surface area contributed by atoms with Crippen LogP contribution in [0.15, 0.2) is 194 Å². The predicted molar refractivity (Wildman–Crippen MR) is 230 cm³/mol. The highest BCUT2D eigenvalue weighted by Crippen LogP contribution is 2.39. The predicted octanol–water partition coefficient (Wildman–Crippen LogP) is 11.7. The quantitative estimate of drug-likeness (QED) is 0.114. The third kappa shape index (κ3) is 11.0. The third-order valence-electron chi connectivity index (χ3n) is 8.67. The Morgan fingerprint density at radius 1 is 0.357 bits per heavy atom. The molecule has 6 aromatic carbocycles. The van der Waals surface area contributed by atoms with Gasteiger partial charge in [0.25, 0.3) is 0 Å². The zero-order valence-corrected chi connectivity index (χ0v) is 32.5. The van der Waals surface area contributed by atoms with Crippen LogP contribution in [0.1, 0.15) is 0 Å². The summed E-state index contributed by atoms with van der Waals surface area (Å²) in [6.07, 6.45) is 0. The lowest BCUT2D eigenvalue weighted by molar-refractivity contribution is -0.366. The highest BCUT2D eigenvalue weighted by Gasteiger charge is 2.20. The van der Waals surface area contributed by atoms with E-state index in [1.54, 1.807) is 14.2 Å². The lowest BCUT2D eigenvalue weighted by Crippen LogP contribution is -2.39. The molecule has 0 saturated heterocycles. The molecule has 0 aliphatic heterocycles. The molecule has 8 rings (SSSR count). The van der Waals surface area contributed by atoms with Gasteiger partial charge in [0.05, 0.1) is 14.2 Å². The minimum atomic E-state index is -3.17. The van der Waals surface area contributed by atoms with Gasteiger partial charge in [-0.15, -0.1) is 0 Å². The van der Waals surface area contributed by atoms with Crippen molar-refractivity contribution in [3.05, 3.63) is 194 Å². The summed E-state index contributed by atoms with van der Waals surface area (Å²) in [6, 6.07) is 67.8. The lowest BCUT2D eigenvalue weighted by Gasteiger charge is -2.09. The van der Waals surface area contributed by atoms with Crippen molar-refractivity contribution in [3.8, 4) is 75.5 Å². The fourth-order valence-corrected chi connectivity index (χ4v) is 8.12. The summed E-state index contributed by atoms with van der Waals surface area (Å²) in [7, 11) is 0.225. The van der Waals surface area contributed by atoms with Crippen molar-refractivity contribution in [2.45, 2.75) is 0 Å². The van der Waals surface area contributed by atoms with Gasteiger partial charge in [0.1, 0.15) is 18.9 Å². The fraction of sp³-hybridized carbons (Fsp3) is 0.0417. The molecular weight excluding hydrogens is 734 g/mol. The summed E-state index contributed by atoms with van der Waals surface area (Å²) in [6.45, 7) is 0. The number of hydrogen-bond acceptors (Lipinski definition) is 4. The second-order valence-corrected chi connectivity index (χ2v) is 14.5. The van der Waals surface area contributed by atoms with Crippen LogP contribution in [0.25, 0.3) is 64.0 Å². The Morgan fingerprint density at radius 3 is 0.839 bits per heavy atom. The van der Waals surface area contributed by atoms with Gasteiger partial charge in [0.15, 0.2) is 0 Å². The van der Waals surface area contributed by atoms with E-state index in [4.69, 9.17) is 19.5 Å². The van der Waals surface area contributed by atoms with E-state index in [0.717, 1.165) is 11.5 Å². The molecule has 0 aliphatic carbocycles. The van der Waals surface area contributed by atoms with Crippen LogP contribution >= 0.6 is 22.7 Å². The Morgan fingerprint density at radius 2 is 0.589 bits per heavy atom. The van der Waals surface area contributed by atoms with Crippen molar-refractivity contribution in [2.75, 3.05) is 14.2 Å². The highest BCUT2D eigenvalue weighted by molar-refractivity contribution is 7.18. The molecule has 0 spiro atoms. The van der Waals surface area contributed by atoms with Crippen LogP contribution in [0.4, 0.5) is 4.32 Å². The van der Waals surface area contributed by atoms with E-state index < -0.39 is 7.40 Å². The normalized spacial score (nSPS) is 10.2. The van der Waals surface area contributed by atoms with Gasteiger partial charge in [-0.3, -0.25) is 0 Å². The Hall–Kier alpha value is -6.03. The summed E-state index contributed by atoms with van der Waals surface area (Å²) in [5.41, 5.74) is 9.80. The van der Waals surface area contributed by atoms with E-state index in [1.807, 2.05) is 46.9 Å². The first kappa shape index (κ1) is 39.7. The second kappa shape index (κ2) is 20.1. The van der Waals surface area contributed by atoms with Gasteiger partial charge < -0.3 is 23.8 Å². The van der Waals surface area contributed by atoms with Gasteiger partial charge in [-0.1, -0.05) is 97.1 Å². The monoisotopic (exact) mass is 772 g/mol. The second-order valence-electron chi connectivity index (χ2n) is 12.3. The lowest BCUT2D eigenvalue weighted by atomic mass is 10.0. The van der Waals surface area contributed by atoms with Gasteiger partial charge in [0.2, 0.25) is 42.2 Å². The molecule has 276 valence electrons. The molecule has 0 N–H and O–H groups in total. The molecule has 0 aliphatic rings. The Bertz CT molecular complexity index is 2110. The molecule has 0 saturated carbocycles. The molecule has 8 heteroatoms. The van der Waals surface area contributed by atoms with Crippen molar-refractivity contribution in [1.29, 1.82) is 0 Å². The molecule has 0 radical (unpaired) electrons. The van der Waals surface area contributed by atoms with Crippen molar-refractivity contribution in [3.63, 3.8) is 0 Å². The number of hydrogen-bond donors (Lipinski definition) is 0. The van der Waals surface area contributed by atoms with Crippen molar-refractivity contribution in [1.82, 2.24) is 0 Å². The highest BCUT2D eigenvalue weighted by atomic mass is 32.1. The van der Waals surface area contributed by atoms with Gasteiger partial charge in [0, 0.05) is 46.5 Å². The van der Waals surface area contributed by atoms with Gasteiger partial charge >= 0.3 is 0 Å². The third-order valence-corrected chi connectivity index (χ3v) is 11.0. The topological polar surface area (TPSA) is 64.6 Å². The maximum absolute atomic E-state index is 9.89. The smallest absolute Gasteiger partial charge is 0.239 e. The summed E-state index contributed by atoms with van der Waals surface area (Å²) in [5.74, 6) is 1.75. The average molecular weight is 773 g/mol. The fourth-order valence-electron chi connectivity index (χ4n) is 5.88. The number of methoxy groups -OCH3 is 2. The summed E-state index contributed by atoms with van der Waals surface area (Å²) in [4.78, 5) is 5.01. The molecule has 0 atom stereocenters.